The number of carbonyl (C=O) groups excluding carboxylic acids is 2. The van der Waals surface area contributed by atoms with Crippen molar-refractivity contribution in [3.8, 4) is 0 Å². The number of oxime groups is 1. The summed E-state index contributed by atoms with van der Waals surface area (Å²) in [5.74, 6) is -0.854. The van der Waals surface area contributed by atoms with E-state index in [1.165, 1.54) is 0 Å². The van der Waals surface area contributed by atoms with E-state index in [0.29, 0.717) is 12.8 Å². The minimum atomic E-state index is -3.06. The molecule has 0 aromatic heterocycles. The van der Waals surface area contributed by atoms with E-state index in [4.69, 9.17) is 4.84 Å². The summed E-state index contributed by atoms with van der Waals surface area (Å²) in [4.78, 5) is 29.2. The van der Waals surface area contributed by atoms with Gasteiger partial charge in [0.05, 0.1) is 18.1 Å². The lowest BCUT2D eigenvalue weighted by atomic mass is 10.0. The van der Waals surface area contributed by atoms with Gasteiger partial charge in [-0.3, -0.25) is 9.59 Å². The maximum atomic E-state index is 12.1. The lowest BCUT2D eigenvalue weighted by Crippen LogP contribution is -2.43. The maximum Gasteiger partial charge on any atom is 0.269 e. The molecule has 2 atom stereocenters. The molecule has 2 aliphatic heterocycles. The molecule has 1 aromatic rings. The molecule has 1 aromatic carbocycles. The number of hydrogen-bond donors (Lipinski definition) is 2. The van der Waals surface area contributed by atoms with Crippen molar-refractivity contribution < 1.29 is 22.8 Å². The van der Waals surface area contributed by atoms with Crippen molar-refractivity contribution in [1.82, 2.24) is 10.6 Å². The van der Waals surface area contributed by atoms with Crippen LogP contribution in [0.2, 0.25) is 0 Å². The highest BCUT2D eigenvalue weighted by Crippen LogP contribution is 2.26. The highest BCUT2D eigenvalue weighted by atomic mass is 32.2. The van der Waals surface area contributed by atoms with Gasteiger partial charge in [-0.1, -0.05) is 35.5 Å². The zero-order valence-corrected chi connectivity index (χ0v) is 14.3. The van der Waals surface area contributed by atoms with E-state index >= 15 is 0 Å². The fraction of sp³-hybridized carbons (Fsp3) is 0.438. The van der Waals surface area contributed by atoms with E-state index in [1.54, 1.807) is 0 Å². The minimum absolute atomic E-state index is 0.0496. The number of hydrogen-bond acceptors (Lipinski definition) is 6. The lowest BCUT2D eigenvalue weighted by molar-refractivity contribution is -0.123. The highest BCUT2D eigenvalue weighted by Gasteiger charge is 2.30. The molecule has 9 heteroatoms. The number of carbonyl (C=O) groups is 2. The van der Waals surface area contributed by atoms with E-state index in [0.717, 1.165) is 5.56 Å². The molecular weight excluding hydrogens is 346 g/mol. The molecule has 25 heavy (non-hydrogen) atoms. The van der Waals surface area contributed by atoms with Crippen molar-refractivity contribution in [3.63, 3.8) is 0 Å². The van der Waals surface area contributed by atoms with Crippen LogP contribution in [0.25, 0.3) is 0 Å². The minimum Gasteiger partial charge on any atom is -0.387 e. The summed E-state index contributed by atoms with van der Waals surface area (Å²) in [6.45, 7) is -0.232. The summed E-state index contributed by atoms with van der Waals surface area (Å²) < 4.78 is 22.7. The molecule has 2 heterocycles. The average molecular weight is 365 g/mol. The predicted octanol–water partition coefficient (Wildman–Crippen LogP) is -0.0765. The van der Waals surface area contributed by atoms with Gasteiger partial charge in [-0.25, -0.2) is 8.42 Å². The second kappa shape index (κ2) is 7.22. The van der Waals surface area contributed by atoms with Crippen molar-refractivity contribution >= 4 is 27.4 Å². The maximum absolute atomic E-state index is 12.1. The molecule has 8 nitrogen and oxygen atoms in total. The molecule has 2 N–H and O–H groups in total. The van der Waals surface area contributed by atoms with Crippen molar-refractivity contribution in [1.29, 1.82) is 0 Å². The van der Waals surface area contributed by atoms with E-state index in [1.807, 2.05) is 30.3 Å². The molecular formula is C16H19N3O5S. The second-order valence-electron chi connectivity index (χ2n) is 6.10. The van der Waals surface area contributed by atoms with Gasteiger partial charge in [-0.15, -0.1) is 0 Å². The summed E-state index contributed by atoms with van der Waals surface area (Å²) in [5, 5.41) is 8.88. The lowest BCUT2D eigenvalue weighted by Gasteiger charge is -2.11. The van der Waals surface area contributed by atoms with Gasteiger partial charge < -0.3 is 15.5 Å². The van der Waals surface area contributed by atoms with E-state index in [9.17, 15) is 18.0 Å². The Morgan fingerprint density at radius 3 is 2.68 bits per heavy atom. The molecule has 3 rings (SSSR count). The molecule has 2 amide bonds. The number of amides is 2. The van der Waals surface area contributed by atoms with Crippen molar-refractivity contribution in [2.24, 2.45) is 5.16 Å². The topological polar surface area (TPSA) is 114 Å². The fourth-order valence-corrected chi connectivity index (χ4v) is 4.48. The van der Waals surface area contributed by atoms with Gasteiger partial charge in [0.2, 0.25) is 5.91 Å². The Morgan fingerprint density at radius 1 is 1.24 bits per heavy atom. The first-order chi connectivity index (χ1) is 11.9. The first kappa shape index (κ1) is 17.4. The van der Waals surface area contributed by atoms with Crippen LogP contribution in [0.4, 0.5) is 0 Å². The smallest absolute Gasteiger partial charge is 0.269 e. The molecule has 1 fully saturated rings. The predicted molar refractivity (Wildman–Crippen MR) is 90.5 cm³/mol. The largest absolute Gasteiger partial charge is 0.387 e. The summed E-state index contributed by atoms with van der Waals surface area (Å²) in [5.41, 5.74) is 1.15. The van der Waals surface area contributed by atoms with Crippen molar-refractivity contribution in [2.45, 2.75) is 25.0 Å². The average Bonchev–Trinajstić information content (AvgIpc) is 3.20. The Hall–Kier alpha value is -2.42. The van der Waals surface area contributed by atoms with Gasteiger partial charge in [0, 0.05) is 12.5 Å². The SMILES string of the molecule is O=C(CNC(=O)C1=NO[C@@H](c2ccccc2)C1)N[C@@H]1CCS(=O)(=O)C1. The van der Waals surface area contributed by atoms with Crippen LogP contribution < -0.4 is 10.6 Å². The first-order valence-corrected chi connectivity index (χ1v) is 9.81. The zero-order valence-electron chi connectivity index (χ0n) is 13.5. The highest BCUT2D eigenvalue weighted by molar-refractivity contribution is 7.91. The van der Waals surface area contributed by atoms with Gasteiger partial charge >= 0.3 is 0 Å². The van der Waals surface area contributed by atoms with Crippen LogP contribution in [0.15, 0.2) is 35.5 Å². The molecule has 2 aliphatic rings. The molecule has 0 bridgehead atoms. The van der Waals surface area contributed by atoms with Crippen molar-refractivity contribution in [2.75, 3.05) is 18.1 Å². The fourth-order valence-electron chi connectivity index (χ4n) is 2.81. The molecule has 134 valence electrons. The Labute approximate surface area is 145 Å². The number of benzene rings is 1. The van der Waals surface area contributed by atoms with Gasteiger partial charge in [-0.05, 0) is 12.0 Å². The van der Waals surface area contributed by atoms with Gasteiger partial charge in [0.1, 0.15) is 5.71 Å². The number of nitrogens with one attached hydrogen (secondary N) is 2. The monoisotopic (exact) mass is 365 g/mol. The molecule has 0 spiro atoms. The van der Waals surface area contributed by atoms with Crippen LogP contribution in [0.5, 0.6) is 0 Å². The van der Waals surface area contributed by atoms with Crippen LogP contribution in [0.3, 0.4) is 0 Å². The van der Waals surface area contributed by atoms with Crippen LogP contribution in [0, 0.1) is 0 Å². The number of rotatable bonds is 5. The quantitative estimate of drug-likeness (QED) is 0.758. The van der Waals surface area contributed by atoms with Gasteiger partial charge in [0.25, 0.3) is 5.91 Å². The standard InChI is InChI=1S/C16H19N3O5S/c20-15(18-12-6-7-25(22,23)10-12)9-17-16(21)13-8-14(24-19-13)11-4-2-1-3-5-11/h1-5,12,14H,6-10H2,(H,17,21)(H,18,20)/t12-,14-/m1/s1. The van der Waals surface area contributed by atoms with Crippen LogP contribution in [-0.4, -0.2) is 50.0 Å². The first-order valence-electron chi connectivity index (χ1n) is 7.98. The molecule has 1 saturated heterocycles. The molecule has 0 aliphatic carbocycles. The van der Waals surface area contributed by atoms with E-state index in [2.05, 4.69) is 15.8 Å². The van der Waals surface area contributed by atoms with Gasteiger partial charge in [-0.2, -0.15) is 0 Å². The molecule has 0 unspecified atom stereocenters. The number of sulfone groups is 1. The van der Waals surface area contributed by atoms with Crippen LogP contribution in [0.1, 0.15) is 24.5 Å². The summed E-state index contributed by atoms with van der Waals surface area (Å²) in [7, 11) is -3.06. The third kappa shape index (κ3) is 4.56. The Balaban J connectivity index is 1.43. The van der Waals surface area contributed by atoms with Crippen molar-refractivity contribution in [3.05, 3.63) is 35.9 Å². The molecule has 0 saturated carbocycles. The van der Waals surface area contributed by atoms with Crippen LogP contribution >= 0.6 is 0 Å². The Bertz CT molecular complexity index is 791. The zero-order chi connectivity index (χ0) is 17.9. The Kier molecular flexibility index (Phi) is 5.03. The second-order valence-corrected chi connectivity index (χ2v) is 8.33. The van der Waals surface area contributed by atoms with E-state index < -0.39 is 21.7 Å². The Morgan fingerprint density at radius 2 is 2.00 bits per heavy atom. The summed E-state index contributed by atoms with van der Waals surface area (Å²) >= 11 is 0. The molecule has 0 radical (unpaired) electrons. The third-order valence-electron chi connectivity index (χ3n) is 4.11. The summed E-state index contributed by atoms with van der Waals surface area (Å²) in [6, 6.07) is 9.05. The van der Waals surface area contributed by atoms with Gasteiger partial charge in [0.15, 0.2) is 15.9 Å². The normalized spacial score (nSPS) is 24.2. The van der Waals surface area contributed by atoms with Crippen LogP contribution in [-0.2, 0) is 24.3 Å². The van der Waals surface area contributed by atoms with E-state index in [-0.39, 0.29) is 35.9 Å². The summed E-state index contributed by atoms with van der Waals surface area (Å²) in [6.07, 6.45) is 0.430. The third-order valence-corrected chi connectivity index (χ3v) is 5.88. The number of nitrogens with zero attached hydrogens (tertiary/aromatic N) is 1.